The summed E-state index contributed by atoms with van der Waals surface area (Å²) in [5.41, 5.74) is 2.56. The lowest BCUT2D eigenvalue weighted by Gasteiger charge is -2.40. The van der Waals surface area contributed by atoms with Crippen molar-refractivity contribution < 1.29 is 18.0 Å². The summed E-state index contributed by atoms with van der Waals surface area (Å²) in [7, 11) is -3.17. The van der Waals surface area contributed by atoms with Gasteiger partial charge in [0.1, 0.15) is 5.70 Å². The van der Waals surface area contributed by atoms with Gasteiger partial charge in [-0.15, -0.1) is 0 Å². The van der Waals surface area contributed by atoms with Gasteiger partial charge in [0.15, 0.2) is 9.84 Å². The molecule has 3 fully saturated rings. The highest BCUT2D eigenvalue weighted by Crippen LogP contribution is 2.50. The fourth-order valence-corrected chi connectivity index (χ4v) is 7.05. The molecule has 0 radical (unpaired) electrons. The second kappa shape index (κ2) is 8.03. The van der Waals surface area contributed by atoms with E-state index in [1.54, 1.807) is 41.3 Å². The standard InChI is InChI=1S/C24H26N4O4S/c25-13-17-1-3-18(4-2-17)14-26-22(29)19-5-8-21-23(30)28(12-11-27(21)15-19)16-24(9-10-24)33(31,32)20-6-7-20/h1-5,8,20H,6-7,9-12,14-16H2,(H,26,29). The zero-order valence-electron chi connectivity index (χ0n) is 18.3. The number of amides is 2. The van der Waals surface area contributed by atoms with Gasteiger partial charge in [0.05, 0.1) is 21.6 Å². The van der Waals surface area contributed by atoms with Crippen molar-refractivity contribution in [2.75, 3.05) is 26.2 Å². The van der Waals surface area contributed by atoms with E-state index in [0.29, 0.717) is 55.9 Å². The minimum absolute atomic E-state index is 0.160. The zero-order chi connectivity index (χ0) is 23.2. The Balaban J connectivity index is 1.22. The molecular formula is C24H26N4O4S. The average Bonchev–Trinajstić information content (AvgIpc) is 3.74. The highest BCUT2D eigenvalue weighted by molar-refractivity contribution is 7.94. The molecule has 1 N–H and O–H groups in total. The van der Waals surface area contributed by atoms with Gasteiger partial charge in [0.25, 0.3) is 5.91 Å². The van der Waals surface area contributed by atoms with Crippen LogP contribution in [0.15, 0.2) is 47.7 Å². The summed E-state index contributed by atoms with van der Waals surface area (Å²) in [6.07, 6.45) is 6.12. The molecule has 2 amide bonds. The van der Waals surface area contributed by atoms with Crippen LogP contribution < -0.4 is 5.32 Å². The van der Waals surface area contributed by atoms with Gasteiger partial charge in [0.2, 0.25) is 5.91 Å². The molecule has 4 aliphatic rings. The number of hydrogen-bond acceptors (Lipinski definition) is 6. The Kier molecular flexibility index (Phi) is 5.28. The van der Waals surface area contributed by atoms with Crippen molar-refractivity contribution in [2.45, 2.75) is 42.2 Å². The van der Waals surface area contributed by atoms with Crippen molar-refractivity contribution in [3.05, 3.63) is 58.8 Å². The summed E-state index contributed by atoms with van der Waals surface area (Å²) in [6.45, 7) is 1.99. The molecule has 1 saturated heterocycles. The van der Waals surface area contributed by atoms with Crippen molar-refractivity contribution in [3.63, 3.8) is 0 Å². The van der Waals surface area contributed by atoms with Gasteiger partial charge in [-0.3, -0.25) is 9.59 Å². The van der Waals surface area contributed by atoms with Crippen LogP contribution in [-0.2, 0) is 26.0 Å². The van der Waals surface area contributed by atoms with Crippen LogP contribution in [0.1, 0.15) is 36.8 Å². The molecule has 0 bridgehead atoms. The molecule has 0 atom stereocenters. The maximum Gasteiger partial charge on any atom is 0.270 e. The quantitative estimate of drug-likeness (QED) is 0.648. The molecule has 8 nitrogen and oxygen atoms in total. The molecule has 2 heterocycles. The van der Waals surface area contributed by atoms with Crippen LogP contribution in [0.3, 0.4) is 0 Å². The van der Waals surface area contributed by atoms with E-state index >= 15 is 0 Å². The van der Waals surface area contributed by atoms with E-state index in [-0.39, 0.29) is 23.6 Å². The topological polar surface area (TPSA) is 111 Å². The molecule has 0 spiro atoms. The number of benzene rings is 1. The third kappa shape index (κ3) is 4.04. The normalized spacial score (nSPS) is 21.5. The monoisotopic (exact) mass is 466 g/mol. The zero-order valence-corrected chi connectivity index (χ0v) is 19.1. The van der Waals surface area contributed by atoms with Crippen molar-refractivity contribution in [1.82, 2.24) is 15.1 Å². The summed E-state index contributed by atoms with van der Waals surface area (Å²) in [4.78, 5) is 29.3. The number of rotatable bonds is 7. The van der Waals surface area contributed by atoms with Crippen LogP contribution in [0, 0.1) is 11.3 Å². The number of carbonyl (C=O) groups is 2. The van der Waals surface area contributed by atoms with E-state index < -0.39 is 14.6 Å². The molecule has 0 aromatic heterocycles. The highest BCUT2D eigenvalue weighted by Gasteiger charge is 2.60. The van der Waals surface area contributed by atoms with E-state index in [4.69, 9.17) is 5.26 Å². The van der Waals surface area contributed by atoms with Crippen LogP contribution in [0.25, 0.3) is 0 Å². The predicted octanol–water partition coefficient (Wildman–Crippen LogP) is 1.25. The molecule has 33 heavy (non-hydrogen) atoms. The number of sulfone groups is 1. The van der Waals surface area contributed by atoms with Gasteiger partial charge in [-0.2, -0.15) is 5.26 Å². The van der Waals surface area contributed by atoms with E-state index in [9.17, 15) is 18.0 Å². The van der Waals surface area contributed by atoms with E-state index in [1.807, 2.05) is 4.90 Å². The summed E-state index contributed by atoms with van der Waals surface area (Å²) in [5.74, 6) is -0.358. The Morgan fingerprint density at radius 3 is 2.52 bits per heavy atom. The fraction of sp³-hybridized carbons (Fsp3) is 0.458. The van der Waals surface area contributed by atoms with Gasteiger partial charge in [0, 0.05) is 38.3 Å². The van der Waals surface area contributed by atoms with Gasteiger partial charge < -0.3 is 15.1 Å². The Bertz CT molecular complexity index is 1200. The van der Waals surface area contributed by atoms with E-state index in [1.165, 1.54) is 0 Å². The van der Waals surface area contributed by atoms with Crippen LogP contribution in [-0.4, -0.2) is 66.2 Å². The number of fused-ring (bicyclic) bond motifs is 1. The number of hydrogen-bond donors (Lipinski definition) is 1. The molecule has 9 heteroatoms. The van der Waals surface area contributed by atoms with Crippen LogP contribution >= 0.6 is 0 Å². The van der Waals surface area contributed by atoms with Gasteiger partial charge >= 0.3 is 0 Å². The number of nitrogens with one attached hydrogen (secondary N) is 1. The first kappa shape index (κ1) is 21.7. The lowest BCUT2D eigenvalue weighted by molar-refractivity contribution is -0.131. The van der Waals surface area contributed by atoms with Crippen molar-refractivity contribution in [2.24, 2.45) is 0 Å². The predicted molar refractivity (Wildman–Crippen MR) is 121 cm³/mol. The van der Waals surface area contributed by atoms with Gasteiger partial charge in [-0.1, -0.05) is 12.1 Å². The average molecular weight is 467 g/mol. The third-order valence-electron chi connectivity index (χ3n) is 6.97. The molecule has 2 aliphatic carbocycles. The highest BCUT2D eigenvalue weighted by atomic mass is 32.2. The van der Waals surface area contributed by atoms with E-state index in [2.05, 4.69) is 11.4 Å². The van der Waals surface area contributed by atoms with Crippen LogP contribution in [0.5, 0.6) is 0 Å². The third-order valence-corrected chi connectivity index (χ3v) is 10.1. The first-order chi connectivity index (χ1) is 15.8. The minimum atomic E-state index is -3.17. The molecule has 2 aliphatic heterocycles. The summed E-state index contributed by atoms with van der Waals surface area (Å²) in [5, 5.41) is 11.6. The van der Waals surface area contributed by atoms with Crippen LogP contribution in [0.4, 0.5) is 0 Å². The maximum atomic E-state index is 13.1. The molecule has 5 rings (SSSR count). The molecular weight excluding hydrogens is 440 g/mol. The molecule has 2 saturated carbocycles. The summed E-state index contributed by atoms with van der Waals surface area (Å²) in [6, 6.07) is 9.10. The second-order valence-electron chi connectivity index (χ2n) is 9.31. The van der Waals surface area contributed by atoms with Crippen LogP contribution in [0.2, 0.25) is 0 Å². The second-order valence-corrected chi connectivity index (χ2v) is 11.9. The maximum absolute atomic E-state index is 13.1. The largest absolute Gasteiger partial charge is 0.361 e. The molecule has 1 aromatic carbocycles. The summed E-state index contributed by atoms with van der Waals surface area (Å²) >= 11 is 0. The Morgan fingerprint density at radius 1 is 1.15 bits per heavy atom. The summed E-state index contributed by atoms with van der Waals surface area (Å²) < 4.78 is 24.9. The van der Waals surface area contributed by atoms with Gasteiger partial charge in [-0.05, 0) is 55.5 Å². The Morgan fingerprint density at radius 2 is 1.88 bits per heavy atom. The number of nitriles is 1. The van der Waals surface area contributed by atoms with Crippen molar-refractivity contribution in [1.29, 1.82) is 5.26 Å². The minimum Gasteiger partial charge on any atom is -0.361 e. The number of allylic oxidation sites excluding steroid dienone is 2. The number of piperazine rings is 1. The van der Waals surface area contributed by atoms with Crippen molar-refractivity contribution >= 4 is 21.7 Å². The SMILES string of the molecule is N#Cc1ccc(CNC(=O)C2=CC=C3C(=O)N(CC4(S(=O)(=O)C5CC5)CC4)CCN3C2)cc1. The number of carbonyl (C=O) groups excluding carboxylic acids is 2. The molecule has 0 unspecified atom stereocenters. The Labute approximate surface area is 193 Å². The lowest BCUT2D eigenvalue weighted by atomic mass is 10.1. The molecule has 172 valence electrons. The van der Waals surface area contributed by atoms with Gasteiger partial charge in [-0.25, -0.2) is 8.42 Å². The molecule has 1 aromatic rings. The van der Waals surface area contributed by atoms with E-state index in [0.717, 1.165) is 18.4 Å². The smallest absolute Gasteiger partial charge is 0.270 e. The Hall–Kier alpha value is -3.12. The first-order valence-electron chi connectivity index (χ1n) is 11.3. The first-order valence-corrected chi connectivity index (χ1v) is 12.8. The lowest BCUT2D eigenvalue weighted by Crippen LogP contribution is -2.53. The number of nitrogens with zero attached hydrogens (tertiary/aromatic N) is 3. The fourth-order valence-electron chi connectivity index (χ4n) is 4.58. The van der Waals surface area contributed by atoms with Crippen molar-refractivity contribution in [3.8, 4) is 6.07 Å².